The van der Waals surface area contributed by atoms with Crippen LogP contribution in [0.4, 0.5) is 0 Å². The zero-order valence-electron chi connectivity index (χ0n) is 9.30. The van der Waals surface area contributed by atoms with Crippen LogP contribution in [0, 0.1) is 0 Å². The normalized spacial score (nSPS) is 20.2. The average molecular weight is 275 g/mol. The summed E-state index contributed by atoms with van der Waals surface area (Å²) < 4.78 is 6.13. The van der Waals surface area contributed by atoms with Gasteiger partial charge in [0.05, 0.1) is 4.91 Å². The van der Waals surface area contributed by atoms with E-state index in [-0.39, 0.29) is 5.91 Å². The Morgan fingerprint density at radius 2 is 2.22 bits per heavy atom. The summed E-state index contributed by atoms with van der Waals surface area (Å²) in [6, 6.07) is 7.82. The van der Waals surface area contributed by atoms with Crippen LogP contribution in [-0.4, -0.2) is 16.8 Å². The van der Waals surface area contributed by atoms with Crippen LogP contribution in [0.15, 0.2) is 40.8 Å². The number of thioether (sulfide) groups is 1. The summed E-state index contributed by atoms with van der Waals surface area (Å²) in [4.78, 5) is 12.2. The number of nitrogens with one attached hydrogen (secondary N) is 1. The third-order valence-electron chi connectivity index (χ3n) is 2.61. The molecule has 0 radical (unpaired) electrons. The molecule has 2 aliphatic rings. The zero-order chi connectivity index (χ0) is 12.5. The molecular weight excluding hydrogens is 266 g/mol. The number of rotatable bonds is 1. The number of amides is 1. The van der Waals surface area contributed by atoms with Crippen molar-refractivity contribution in [1.82, 2.24) is 5.32 Å². The van der Waals surface area contributed by atoms with Crippen molar-refractivity contribution in [2.45, 2.75) is 0 Å². The highest BCUT2D eigenvalue weighted by atomic mass is 32.2. The van der Waals surface area contributed by atoms with Crippen LogP contribution in [0.5, 0.6) is 5.75 Å². The van der Waals surface area contributed by atoms with E-state index in [2.05, 4.69) is 5.32 Å². The minimum Gasteiger partial charge on any atom is -0.488 e. The maximum Gasteiger partial charge on any atom is 0.263 e. The predicted octanol–water partition coefficient (Wildman–Crippen LogP) is 2.49. The lowest BCUT2D eigenvalue weighted by atomic mass is 10.1. The lowest BCUT2D eigenvalue weighted by Gasteiger charge is -2.15. The molecule has 0 saturated carbocycles. The van der Waals surface area contributed by atoms with E-state index in [0.717, 1.165) is 16.9 Å². The highest BCUT2D eigenvalue weighted by Crippen LogP contribution is 2.29. The number of carbonyl (C=O) groups is 1. The Balaban J connectivity index is 1.92. The second-order valence-electron chi connectivity index (χ2n) is 3.90. The molecule has 0 unspecified atom stereocenters. The van der Waals surface area contributed by atoms with Gasteiger partial charge in [0.15, 0.2) is 0 Å². The van der Waals surface area contributed by atoms with Crippen molar-refractivity contribution in [3.8, 4) is 5.75 Å². The minimum absolute atomic E-state index is 0.134. The number of hydrogen-bond acceptors (Lipinski definition) is 4. The van der Waals surface area contributed by atoms with Crippen molar-refractivity contribution in [2.24, 2.45) is 0 Å². The van der Waals surface area contributed by atoms with Gasteiger partial charge in [0.2, 0.25) is 0 Å². The number of ether oxygens (including phenoxy) is 1. The summed E-state index contributed by atoms with van der Waals surface area (Å²) in [5.41, 5.74) is 2.00. The lowest BCUT2D eigenvalue weighted by Crippen LogP contribution is -2.18. The Morgan fingerprint density at radius 3 is 3.00 bits per heavy atom. The molecule has 5 heteroatoms. The number of benzene rings is 1. The smallest absolute Gasteiger partial charge is 0.263 e. The molecule has 1 fully saturated rings. The summed E-state index contributed by atoms with van der Waals surface area (Å²) >= 11 is 6.23. The van der Waals surface area contributed by atoms with Gasteiger partial charge in [-0.1, -0.05) is 42.2 Å². The maximum atomic E-state index is 11.5. The van der Waals surface area contributed by atoms with Crippen molar-refractivity contribution < 1.29 is 9.53 Å². The van der Waals surface area contributed by atoms with Gasteiger partial charge in [0.25, 0.3) is 5.91 Å². The van der Waals surface area contributed by atoms with Crippen LogP contribution in [0.25, 0.3) is 6.08 Å². The summed E-state index contributed by atoms with van der Waals surface area (Å²) in [5, 5.41) is 2.59. The van der Waals surface area contributed by atoms with Crippen LogP contribution in [0.2, 0.25) is 0 Å². The van der Waals surface area contributed by atoms with Gasteiger partial charge in [-0.25, -0.2) is 0 Å². The quantitative estimate of drug-likeness (QED) is 0.631. The van der Waals surface area contributed by atoms with Crippen LogP contribution >= 0.6 is 24.0 Å². The number of hydrogen-bond donors (Lipinski definition) is 1. The first kappa shape index (κ1) is 11.5. The van der Waals surface area contributed by atoms with E-state index in [1.807, 2.05) is 36.4 Å². The Kier molecular flexibility index (Phi) is 2.93. The molecule has 90 valence electrons. The molecule has 1 aromatic rings. The van der Waals surface area contributed by atoms with Gasteiger partial charge < -0.3 is 10.1 Å². The molecule has 0 atom stereocenters. The zero-order valence-corrected chi connectivity index (χ0v) is 10.9. The molecule has 2 heterocycles. The number of fused-ring (bicyclic) bond motifs is 1. The SMILES string of the molecule is O=C1NC(=S)S/C1=C\C1=Cc2ccccc2OC1. The van der Waals surface area contributed by atoms with Gasteiger partial charge >= 0.3 is 0 Å². The average Bonchev–Trinajstić information content (AvgIpc) is 2.68. The van der Waals surface area contributed by atoms with Crippen LogP contribution in [0.3, 0.4) is 0 Å². The Bertz CT molecular complexity index is 605. The van der Waals surface area contributed by atoms with Crippen LogP contribution < -0.4 is 10.1 Å². The lowest BCUT2D eigenvalue weighted by molar-refractivity contribution is -0.115. The van der Waals surface area contributed by atoms with Crippen molar-refractivity contribution in [3.63, 3.8) is 0 Å². The predicted molar refractivity (Wildman–Crippen MR) is 76.3 cm³/mol. The third kappa shape index (κ3) is 2.19. The molecule has 0 spiro atoms. The summed E-state index contributed by atoms with van der Waals surface area (Å²) in [6.07, 6.45) is 3.86. The molecule has 3 rings (SSSR count). The van der Waals surface area contributed by atoms with E-state index in [1.165, 1.54) is 11.8 Å². The molecule has 1 aromatic carbocycles. The van der Waals surface area contributed by atoms with E-state index in [0.29, 0.717) is 15.8 Å². The first-order chi connectivity index (χ1) is 8.72. The first-order valence-electron chi connectivity index (χ1n) is 5.39. The summed E-state index contributed by atoms with van der Waals surface area (Å²) in [5.74, 6) is 0.739. The fourth-order valence-electron chi connectivity index (χ4n) is 1.81. The summed E-state index contributed by atoms with van der Waals surface area (Å²) in [6.45, 7) is 0.473. The molecule has 0 bridgehead atoms. The number of para-hydroxylation sites is 1. The van der Waals surface area contributed by atoms with Crippen molar-refractivity contribution >= 4 is 40.3 Å². The topological polar surface area (TPSA) is 38.3 Å². The highest BCUT2D eigenvalue weighted by Gasteiger charge is 2.22. The largest absolute Gasteiger partial charge is 0.488 e. The van der Waals surface area contributed by atoms with Crippen LogP contribution in [0.1, 0.15) is 5.56 Å². The van der Waals surface area contributed by atoms with Gasteiger partial charge in [-0.3, -0.25) is 4.79 Å². The highest BCUT2D eigenvalue weighted by molar-refractivity contribution is 8.26. The summed E-state index contributed by atoms with van der Waals surface area (Å²) in [7, 11) is 0. The van der Waals surface area contributed by atoms with E-state index in [4.69, 9.17) is 17.0 Å². The fourth-order valence-corrected chi connectivity index (χ4v) is 2.87. The fraction of sp³-hybridized carbons (Fsp3) is 0.0769. The van der Waals surface area contributed by atoms with Crippen molar-refractivity contribution in [2.75, 3.05) is 6.61 Å². The molecule has 1 amide bonds. The molecule has 0 aromatic heterocycles. The standard InChI is InChI=1S/C13H9NO2S2/c15-12-11(18-13(17)14-12)6-8-5-9-3-1-2-4-10(9)16-7-8/h1-6H,7H2,(H,14,15,17)/b11-6-. The van der Waals surface area contributed by atoms with Gasteiger partial charge in [0, 0.05) is 5.56 Å². The van der Waals surface area contributed by atoms with Crippen molar-refractivity contribution in [3.05, 3.63) is 46.4 Å². The van der Waals surface area contributed by atoms with E-state index in [1.54, 1.807) is 0 Å². The molecule has 2 aliphatic heterocycles. The molecule has 0 aliphatic carbocycles. The minimum atomic E-state index is -0.134. The van der Waals surface area contributed by atoms with Crippen molar-refractivity contribution in [1.29, 1.82) is 0 Å². The van der Waals surface area contributed by atoms with E-state index >= 15 is 0 Å². The van der Waals surface area contributed by atoms with Gasteiger partial charge in [-0.15, -0.1) is 0 Å². The number of thiocarbonyl (C=S) groups is 1. The number of carbonyl (C=O) groups excluding carboxylic acids is 1. The second kappa shape index (κ2) is 4.59. The van der Waals surface area contributed by atoms with Crippen LogP contribution in [-0.2, 0) is 4.79 Å². The second-order valence-corrected chi connectivity index (χ2v) is 5.62. The van der Waals surface area contributed by atoms with Gasteiger partial charge in [-0.05, 0) is 23.8 Å². The Morgan fingerprint density at radius 1 is 1.39 bits per heavy atom. The van der Waals surface area contributed by atoms with E-state index in [9.17, 15) is 4.79 Å². The maximum absolute atomic E-state index is 11.5. The third-order valence-corrected chi connectivity index (χ3v) is 3.78. The first-order valence-corrected chi connectivity index (χ1v) is 6.62. The monoisotopic (exact) mass is 275 g/mol. The molecule has 3 nitrogen and oxygen atoms in total. The Hall–Kier alpha value is -1.59. The molecular formula is C13H9NO2S2. The Labute approximate surface area is 114 Å². The molecule has 18 heavy (non-hydrogen) atoms. The molecule has 1 saturated heterocycles. The van der Waals surface area contributed by atoms with E-state index < -0.39 is 0 Å². The van der Waals surface area contributed by atoms with Gasteiger partial charge in [0.1, 0.15) is 16.7 Å². The molecule has 1 N–H and O–H groups in total. The van der Waals surface area contributed by atoms with Gasteiger partial charge in [-0.2, -0.15) is 0 Å².